The van der Waals surface area contributed by atoms with Crippen molar-refractivity contribution in [2.75, 3.05) is 54.2 Å². The van der Waals surface area contributed by atoms with Gasteiger partial charge in [-0.1, -0.05) is 72.8 Å². The van der Waals surface area contributed by atoms with Crippen LogP contribution >= 0.6 is 8.53 Å². The number of carbonyl (C=O) groups excluding carboxylic acids is 5. The van der Waals surface area contributed by atoms with Crippen molar-refractivity contribution in [3.8, 4) is 11.5 Å². The Bertz CT molecular complexity index is 2700. The van der Waals surface area contributed by atoms with E-state index >= 15 is 0 Å². The molecule has 0 bridgehead atoms. The number of fused-ring (bicyclic) bond motifs is 1. The fraction of sp³-hybridized carbons (Fsp3) is 0.492. The number of methoxy groups -OCH3 is 3. The second-order valence-electron chi connectivity index (χ2n) is 20.1. The molecule has 1 aliphatic heterocycles. The first kappa shape index (κ1) is 63.6. The third kappa shape index (κ3) is 17.5. The third-order valence-corrected chi connectivity index (χ3v) is 15.7. The molecule has 1 aliphatic rings. The largest absolute Gasteiger partial charge is 0.497 e. The van der Waals surface area contributed by atoms with Crippen LogP contribution in [-0.2, 0) is 73.4 Å². The molecule has 20 heteroatoms. The van der Waals surface area contributed by atoms with Gasteiger partial charge in [0.15, 0.2) is 18.3 Å². The maximum Gasteiger partial charge on any atom is 0.412 e. The van der Waals surface area contributed by atoms with Crippen LogP contribution in [0.4, 0.5) is 4.79 Å². The lowest BCUT2D eigenvalue weighted by Crippen LogP contribution is -2.64. The van der Waals surface area contributed by atoms with Gasteiger partial charge in [-0.25, -0.2) is 14.3 Å². The number of hydrogen-bond acceptors (Lipinski definition) is 17. The van der Waals surface area contributed by atoms with Gasteiger partial charge < -0.3 is 61.6 Å². The molecule has 440 valence electrons. The molecule has 19 nitrogen and oxygen atoms in total. The van der Waals surface area contributed by atoms with Gasteiger partial charge in [0, 0.05) is 63.0 Å². The zero-order valence-electron chi connectivity index (χ0n) is 48.3. The Kier molecular flexibility index (Phi) is 24.8. The molecule has 1 fully saturated rings. The topological polar surface area (TPSA) is 209 Å². The molecule has 2 heterocycles. The predicted molar refractivity (Wildman–Crippen MR) is 304 cm³/mol. The number of nitrogens with one attached hydrogen (secondary N) is 1. The highest BCUT2D eigenvalue weighted by Gasteiger charge is 2.56. The van der Waals surface area contributed by atoms with Crippen LogP contribution in [0.1, 0.15) is 109 Å². The number of carbonyl (C=O) groups is 5. The van der Waals surface area contributed by atoms with Gasteiger partial charge in [0.2, 0.25) is 12.4 Å². The first-order chi connectivity index (χ1) is 39.0. The Hall–Kier alpha value is -6.60. The molecule has 1 N–H and O–H groups in total. The van der Waals surface area contributed by atoms with Crippen LogP contribution < -0.4 is 9.47 Å². The lowest BCUT2D eigenvalue weighted by molar-refractivity contribution is -0.289. The highest BCUT2D eigenvalue weighted by Crippen LogP contribution is 2.47. The maximum atomic E-state index is 14.4. The van der Waals surface area contributed by atoms with Crippen molar-refractivity contribution in [1.82, 2.24) is 14.6 Å². The highest BCUT2D eigenvalue weighted by atomic mass is 31.2. The molecule has 6 rings (SSSR count). The summed E-state index contributed by atoms with van der Waals surface area (Å²) in [5.41, 5.74) is 4.04. The van der Waals surface area contributed by atoms with E-state index in [0.29, 0.717) is 51.9 Å². The second-order valence-corrected chi connectivity index (χ2v) is 21.6. The monoisotopic (exact) mass is 1140 g/mol. The number of amides is 1. The van der Waals surface area contributed by atoms with E-state index in [1.165, 1.54) is 4.90 Å². The summed E-state index contributed by atoms with van der Waals surface area (Å²) >= 11 is 0. The van der Waals surface area contributed by atoms with E-state index in [1.54, 1.807) is 14.2 Å². The van der Waals surface area contributed by atoms with E-state index in [0.717, 1.165) is 85.4 Å². The summed E-state index contributed by atoms with van der Waals surface area (Å²) in [4.78, 5) is 69.5. The van der Waals surface area contributed by atoms with Crippen LogP contribution in [0.5, 0.6) is 11.5 Å². The number of ether oxygens (including phenoxy) is 9. The molecular formula is C61H80N3O16P. The molecule has 0 radical (unpaired) electrons. The fourth-order valence-corrected chi connectivity index (χ4v) is 11.6. The molecule has 1 saturated heterocycles. The quantitative estimate of drug-likeness (QED) is 0.0144. The van der Waals surface area contributed by atoms with Gasteiger partial charge >= 0.3 is 30.0 Å². The van der Waals surface area contributed by atoms with Crippen molar-refractivity contribution < 1.29 is 75.7 Å². The summed E-state index contributed by atoms with van der Waals surface area (Å²) in [6.07, 6.45) is -2.73. The number of aryl methyl sites for hydroxylation is 1. The first-order valence-electron chi connectivity index (χ1n) is 27.6. The molecular weight excluding hydrogens is 1060 g/mol. The molecule has 81 heavy (non-hydrogen) atoms. The smallest absolute Gasteiger partial charge is 0.412 e. The van der Waals surface area contributed by atoms with Crippen LogP contribution in [0.25, 0.3) is 10.9 Å². The zero-order chi connectivity index (χ0) is 58.5. The molecule has 6 unspecified atom stereocenters. The van der Waals surface area contributed by atoms with E-state index in [-0.39, 0.29) is 25.2 Å². The molecule has 0 spiro atoms. The minimum Gasteiger partial charge on any atom is -0.497 e. The zero-order valence-corrected chi connectivity index (χ0v) is 49.2. The maximum absolute atomic E-state index is 14.4. The number of aromatic amines is 1. The first-order valence-corrected chi connectivity index (χ1v) is 28.7. The molecule has 5 aromatic rings. The number of hydrogen-bond donors (Lipinski definition) is 1. The van der Waals surface area contributed by atoms with E-state index in [1.807, 2.05) is 91.1 Å². The highest BCUT2D eigenvalue weighted by molar-refractivity contribution is 7.44. The summed E-state index contributed by atoms with van der Waals surface area (Å²) in [6, 6.07) is 34.3. The Morgan fingerprint density at radius 2 is 1.12 bits per heavy atom. The average Bonchev–Trinajstić information content (AvgIpc) is 3.91. The van der Waals surface area contributed by atoms with Gasteiger partial charge in [-0.15, -0.1) is 0 Å². The van der Waals surface area contributed by atoms with Crippen LogP contribution in [0.2, 0.25) is 0 Å². The predicted octanol–water partition coefficient (Wildman–Crippen LogP) is 10.6. The van der Waals surface area contributed by atoms with Crippen molar-refractivity contribution in [2.24, 2.45) is 0 Å². The standard InChI is InChI=1S/C61H80N3O16P/c1-41(2)64(42(3)4)81(75-39-21-37-73-61(47-23-13-11-14-24-47,48-27-31-50(70-8)32-28-48)49-29-33-51(71-9)34-30-49)74-38-20-12-18-35-63(36-19-17-22-46-40-62-53-26-16-15-25-52(46)53)60(69)80-59-57(78-45(7)67)55(77-44(6)66)54(76-43(5)65)56(79-59)58(68)72-10/h11,13-16,23-34,40-42,54-57,59,62H,12,17-22,35-39H2,1-10H3. The van der Waals surface area contributed by atoms with Gasteiger partial charge in [-0.3, -0.25) is 14.4 Å². The number of benzene rings is 4. The van der Waals surface area contributed by atoms with Gasteiger partial charge in [0.25, 0.3) is 8.53 Å². The van der Waals surface area contributed by atoms with Crippen LogP contribution in [-0.4, -0.2) is 142 Å². The number of nitrogens with zero attached hydrogens (tertiary/aromatic N) is 2. The molecule has 0 aliphatic carbocycles. The molecule has 0 saturated carbocycles. The van der Waals surface area contributed by atoms with Crippen LogP contribution in [0.15, 0.2) is 109 Å². The van der Waals surface area contributed by atoms with E-state index in [9.17, 15) is 24.0 Å². The summed E-state index contributed by atoms with van der Waals surface area (Å²) in [7, 11) is 2.88. The normalized spacial score (nSPS) is 17.6. The second kappa shape index (κ2) is 31.6. The average molecular weight is 1140 g/mol. The lowest BCUT2D eigenvalue weighted by atomic mass is 9.80. The number of rotatable bonds is 31. The number of esters is 4. The van der Waals surface area contributed by atoms with Crippen LogP contribution in [0, 0.1) is 0 Å². The molecule has 1 aromatic heterocycles. The fourth-order valence-electron chi connectivity index (χ4n) is 9.97. The molecule has 1 amide bonds. The number of H-pyrrole nitrogens is 1. The number of para-hydroxylation sites is 1. The third-order valence-electron chi connectivity index (χ3n) is 13.6. The minimum atomic E-state index is -1.78. The summed E-state index contributed by atoms with van der Waals surface area (Å²) in [5.74, 6) is -2.09. The van der Waals surface area contributed by atoms with Crippen molar-refractivity contribution >= 4 is 49.4 Å². The Labute approximate surface area is 477 Å². The number of unbranched alkanes of at least 4 members (excludes halogenated alkanes) is 3. The van der Waals surface area contributed by atoms with Gasteiger partial charge in [0.05, 0.1) is 41.2 Å². The summed E-state index contributed by atoms with van der Waals surface area (Å²) < 4.78 is 66.9. The van der Waals surface area contributed by atoms with Crippen molar-refractivity contribution in [3.05, 3.63) is 132 Å². The van der Waals surface area contributed by atoms with Crippen LogP contribution in [0.3, 0.4) is 0 Å². The van der Waals surface area contributed by atoms with Gasteiger partial charge in [-0.2, -0.15) is 0 Å². The van der Waals surface area contributed by atoms with Crippen molar-refractivity contribution in [3.63, 3.8) is 0 Å². The Morgan fingerprint density at radius 1 is 0.593 bits per heavy atom. The molecule has 6 atom stereocenters. The Morgan fingerprint density at radius 3 is 1.69 bits per heavy atom. The van der Waals surface area contributed by atoms with Gasteiger partial charge in [-0.05, 0) is 125 Å². The minimum absolute atomic E-state index is 0.118. The molecule has 4 aromatic carbocycles. The van der Waals surface area contributed by atoms with E-state index < -0.39 is 74.8 Å². The number of aromatic nitrogens is 1. The van der Waals surface area contributed by atoms with E-state index in [4.69, 9.17) is 51.7 Å². The summed E-state index contributed by atoms with van der Waals surface area (Å²) in [5, 5.41) is 1.13. The SMILES string of the molecule is COC(=O)C1OC(OC(=O)N(CCCCCOP(OCCCOC(c2ccccc2)(c2ccc(OC)cc2)c2ccc(OC)cc2)N(C(C)C)C(C)C)CCCCc2c[nH]c3ccccc23)C(OC(C)=O)C(OC(C)=O)C1OC(C)=O. The lowest BCUT2D eigenvalue weighted by Gasteiger charge is -2.43. The summed E-state index contributed by atoms with van der Waals surface area (Å²) in [6.45, 7) is 13.4. The van der Waals surface area contributed by atoms with Gasteiger partial charge in [0.1, 0.15) is 17.1 Å². The van der Waals surface area contributed by atoms with Crippen molar-refractivity contribution in [2.45, 2.75) is 142 Å². The van der Waals surface area contributed by atoms with E-state index in [2.05, 4.69) is 55.5 Å². The van der Waals surface area contributed by atoms with Crippen molar-refractivity contribution in [1.29, 1.82) is 0 Å². The Balaban J connectivity index is 1.13.